The number of carbonyl (C=O) groups excluding carboxylic acids is 1. The standard InChI is InChI=1S/C20H31N3O5S/c1-16-14-23(15-17(2)28-16)29(25,26)22-12-10-21(11-13-22)20(24)9-6-18-4-7-19(27-3)8-5-18/h4-5,7-8,16-17H,6,9-15H2,1-3H3/t16-,17-/m1/s1. The molecule has 0 saturated carbocycles. The number of piperazine rings is 1. The van der Waals surface area contributed by atoms with Gasteiger partial charge in [0, 0.05) is 45.7 Å². The fraction of sp³-hybridized carbons (Fsp3) is 0.650. The number of morpholine rings is 1. The molecule has 8 nitrogen and oxygen atoms in total. The summed E-state index contributed by atoms with van der Waals surface area (Å²) in [4.78, 5) is 14.3. The molecule has 1 amide bonds. The van der Waals surface area contributed by atoms with E-state index in [2.05, 4.69) is 0 Å². The highest BCUT2D eigenvalue weighted by Gasteiger charge is 2.37. The van der Waals surface area contributed by atoms with Crippen LogP contribution in [0.3, 0.4) is 0 Å². The number of rotatable bonds is 6. The smallest absolute Gasteiger partial charge is 0.282 e. The van der Waals surface area contributed by atoms with Crippen molar-refractivity contribution in [2.75, 3.05) is 46.4 Å². The highest BCUT2D eigenvalue weighted by Crippen LogP contribution is 2.19. The lowest BCUT2D eigenvalue weighted by Gasteiger charge is -2.40. The topological polar surface area (TPSA) is 79.4 Å². The van der Waals surface area contributed by atoms with Crippen molar-refractivity contribution in [3.8, 4) is 5.75 Å². The number of methoxy groups -OCH3 is 1. The Labute approximate surface area is 173 Å². The van der Waals surface area contributed by atoms with Gasteiger partial charge < -0.3 is 14.4 Å². The van der Waals surface area contributed by atoms with Gasteiger partial charge >= 0.3 is 0 Å². The second kappa shape index (κ2) is 9.42. The Morgan fingerprint density at radius 3 is 2.17 bits per heavy atom. The quantitative estimate of drug-likeness (QED) is 0.683. The fourth-order valence-electron chi connectivity index (χ4n) is 3.85. The van der Waals surface area contributed by atoms with Crippen LogP contribution in [0.5, 0.6) is 5.75 Å². The molecule has 2 saturated heterocycles. The van der Waals surface area contributed by atoms with Gasteiger partial charge in [-0.3, -0.25) is 4.79 Å². The van der Waals surface area contributed by atoms with E-state index in [4.69, 9.17) is 9.47 Å². The maximum absolute atomic E-state index is 13.0. The van der Waals surface area contributed by atoms with Gasteiger partial charge in [0.25, 0.3) is 10.2 Å². The van der Waals surface area contributed by atoms with Crippen LogP contribution in [0.15, 0.2) is 24.3 Å². The van der Waals surface area contributed by atoms with Crippen molar-refractivity contribution in [1.29, 1.82) is 0 Å². The first-order valence-electron chi connectivity index (χ1n) is 10.1. The normalized spacial score (nSPS) is 24.4. The average Bonchev–Trinajstić information content (AvgIpc) is 2.71. The molecule has 1 aromatic carbocycles. The molecule has 0 bridgehead atoms. The summed E-state index contributed by atoms with van der Waals surface area (Å²) in [7, 11) is -1.90. The van der Waals surface area contributed by atoms with Gasteiger partial charge in [0.15, 0.2) is 0 Å². The minimum Gasteiger partial charge on any atom is -0.497 e. The third kappa shape index (κ3) is 5.48. The Hall–Kier alpha value is -1.68. The zero-order valence-electron chi connectivity index (χ0n) is 17.4. The van der Waals surface area contributed by atoms with Gasteiger partial charge in [-0.25, -0.2) is 0 Å². The minimum atomic E-state index is -3.53. The molecule has 2 aliphatic heterocycles. The van der Waals surface area contributed by atoms with Crippen LogP contribution in [0, 0.1) is 0 Å². The summed E-state index contributed by atoms with van der Waals surface area (Å²) in [6, 6.07) is 7.69. The maximum atomic E-state index is 13.0. The van der Waals surface area contributed by atoms with Gasteiger partial charge in [-0.15, -0.1) is 0 Å². The number of hydrogen-bond donors (Lipinski definition) is 0. The molecule has 0 aromatic heterocycles. The van der Waals surface area contributed by atoms with E-state index in [0.717, 1.165) is 11.3 Å². The first kappa shape index (κ1) is 22.0. The molecule has 0 unspecified atom stereocenters. The Balaban J connectivity index is 1.49. The molecule has 2 fully saturated rings. The Morgan fingerprint density at radius 1 is 1.03 bits per heavy atom. The van der Waals surface area contributed by atoms with Crippen LogP contribution in [-0.2, 0) is 26.2 Å². The summed E-state index contributed by atoms with van der Waals surface area (Å²) in [5, 5.41) is 0. The monoisotopic (exact) mass is 425 g/mol. The molecule has 2 aliphatic rings. The van der Waals surface area contributed by atoms with Crippen molar-refractivity contribution in [1.82, 2.24) is 13.5 Å². The van der Waals surface area contributed by atoms with Gasteiger partial charge in [-0.2, -0.15) is 17.0 Å². The second-order valence-electron chi connectivity index (χ2n) is 7.71. The lowest BCUT2D eigenvalue weighted by molar-refractivity contribution is -0.132. The number of hydrogen-bond acceptors (Lipinski definition) is 5. The van der Waals surface area contributed by atoms with E-state index in [-0.39, 0.29) is 18.1 Å². The van der Waals surface area contributed by atoms with E-state index >= 15 is 0 Å². The van der Waals surface area contributed by atoms with Crippen molar-refractivity contribution in [2.24, 2.45) is 0 Å². The van der Waals surface area contributed by atoms with Crippen LogP contribution in [0.2, 0.25) is 0 Å². The minimum absolute atomic E-state index is 0.0616. The number of carbonyl (C=O) groups is 1. The molecule has 9 heteroatoms. The summed E-state index contributed by atoms with van der Waals surface area (Å²) in [5.74, 6) is 0.855. The number of aryl methyl sites for hydroxylation is 1. The SMILES string of the molecule is COc1ccc(CCC(=O)N2CCN(S(=O)(=O)N3C[C@@H](C)O[C@H](C)C3)CC2)cc1. The van der Waals surface area contributed by atoms with E-state index in [0.29, 0.717) is 52.1 Å². The van der Waals surface area contributed by atoms with Crippen LogP contribution in [0.4, 0.5) is 0 Å². The molecule has 29 heavy (non-hydrogen) atoms. The largest absolute Gasteiger partial charge is 0.497 e. The Kier molecular flexibility index (Phi) is 7.15. The molecular formula is C20H31N3O5S. The lowest BCUT2D eigenvalue weighted by atomic mass is 10.1. The molecule has 1 aromatic rings. The van der Waals surface area contributed by atoms with Crippen molar-refractivity contribution in [3.63, 3.8) is 0 Å². The molecule has 0 N–H and O–H groups in total. The van der Waals surface area contributed by atoms with Gasteiger partial charge in [-0.1, -0.05) is 12.1 Å². The summed E-state index contributed by atoms with van der Waals surface area (Å²) < 4.78 is 39.7. The average molecular weight is 426 g/mol. The zero-order chi connectivity index (χ0) is 21.0. The van der Waals surface area contributed by atoms with Crippen molar-refractivity contribution in [3.05, 3.63) is 29.8 Å². The van der Waals surface area contributed by atoms with E-state index in [1.165, 1.54) is 8.61 Å². The van der Waals surface area contributed by atoms with Crippen LogP contribution in [0.1, 0.15) is 25.8 Å². The second-order valence-corrected chi connectivity index (χ2v) is 9.64. The van der Waals surface area contributed by atoms with E-state index in [9.17, 15) is 13.2 Å². The van der Waals surface area contributed by atoms with Crippen LogP contribution in [-0.4, -0.2) is 86.4 Å². The first-order valence-corrected chi connectivity index (χ1v) is 11.5. The molecule has 3 rings (SSSR count). The third-order valence-electron chi connectivity index (χ3n) is 5.42. The van der Waals surface area contributed by atoms with Gasteiger partial charge in [0.05, 0.1) is 19.3 Å². The van der Waals surface area contributed by atoms with Crippen molar-refractivity contribution < 1.29 is 22.7 Å². The number of nitrogens with zero attached hydrogens (tertiary/aromatic N) is 3. The molecule has 0 aliphatic carbocycles. The molecule has 162 valence electrons. The Bertz CT molecular complexity index is 781. The molecule has 0 spiro atoms. The lowest BCUT2D eigenvalue weighted by Crippen LogP contribution is -2.57. The molecule has 2 atom stereocenters. The third-order valence-corrected chi connectivity index (χ3v) is 7.39. The zero-order valence-corrected chi connectivity index (χ0v) is 18.2. The fourth-order valence-corrected chi connectivity index (χ4v) is 5.60. The van der Waals surface area contributed by atoms with Crippen molar-refractivity contribution in [2.45, 2.75) is 38.9 Å². The molecule has 2 heterocycles. The summed E-state index contributed by atoms with van der Waals surface area (Å²) >= 11 is 0. The summed E-state index contributed by atoms with van der Waals surface area (Å²) in [5.41, 5.74) is 1.08. The van der Waals surface area contributed by atoms with E-state index in [1.54, 1.807) is 12.0 Å². The first-order chi connectivity index (χ1) is 13.8. The van der Waals surface area contributed by atoms with Crippen molar-refractivity contribution >= 4 is 16.1 Å². The van der Waals surface area contributed by atoms with Crippen LogP contribution < -0.4 is 4.74 Å². The molecular weight excluding hydrogens is 394 g/mol. The highest BCUT2D eigenvalue weighted by molar-refractivity contribution is 7.86. The van der Waals surface area contributed by atoms with Gasteiger partial charge in [-0.05, 0) is 38.0 Å². The predicted octanol–water partition coefficient (Wildman–Crippen LogP) is 1.13. The predicted molar refractivity (Wildman–Crippen MR) is 110 cm³/mol. The summed E-state index contributed by atoms with van der Waals surface area (Å²) in [6.07, 6.45) is 0.839. The summed E-state index contributed by atoms with van der Waals surface area (Å²) in [6.45, 7) is 6.02. The highest BCUT2D eigenvalue weighted by atomic mass is 32.2. The number of benzene rings is 1. The number of amides is 1. The Morgan fingerprint density at radius 2 is 1.62 bits per heavy atom. The van der Waals surface area contributed by atoms with Crippen LogP contribution >= 0.6 is 0 Å². The number of ether oxygens (including phenoxy) is 2. The van der Waals surface area contributed by atoms with Crippen LogP contribution in [0.25, 0.3) is 0 Å². The van der Waals surface area contributed by atoms with E-state index in [1.807, 2.05) is 38.1 Å². The maximum Gasteiger partial charge on any atom is 0.282 e. The van der Waals surface area contributed by atoms with Gasteiger partial charge in [0.1, 0.15) is 5.75 Å². The van der Waals surface area contributed by atoms with E-state index < -0.39 is 10.2 Å². The van der Waals surface area contributed by atoms with Gasteiger partial charge in [0.2, 0.25) is 5.91 Å². The molecule has 0 radical (unpaired) electrons.